The zero-order chi connectivity index (χ0) is 7.82. The summed E-state index contributed by atoms with van der Waals surface area (Å²) in [7, 11) is 0. The first-order valence-electron chi connectivity index (χ1n) is 3.62. The molecule has 0 saturated heterocycles. The Bertz CT molecular complexity index is 68.6. The Hall–Kier alpha value is 0.660. The summed E-state index contributed by atoms with van der Waals surface area (Å²) in [5.41, 5.74) is 5.42. The molecule has 1 unspecified atom stereocenters. The van der Waals surface area contributed by atoms with Gasteiger partial charge in [0, 0.05) is 16.8 Å². The summed E-state index contributed by atoms with van der Waals surface area (Å²) in [5, 5.41) is 0.747. The van der Waals surface area contributed by atoms with Gasteiger partial charge in [-0.25, -0.2) is 0 Å². The van der Waals surface area contributed by atoms with Gasteiger partial charge in [0.15, 0.2) is 0 Å². The molecule has 10 heavy (non-hydrogen) atoms. The van der Waals surface area contributed by atoms with Crippen molar-refractivity contribution in [2.75, 3.05) is 24.3 Å². The van der Waals surface area contributed by atoms with Gasteiger partial charge in [-0.15, -0.1) is 0 Å². The number of nitrogens with two attached hydrogens (primary N) is 1. The van der Waals surface area contributed by atoms with Crippen LogP contribution in [0, 0.1) is 0 Å². The molecule has 0 aliphatic heterocycles. The lowest BCUT2D eigenvalue weighted by atomic mass is 10.3. The van der Waals surface area contributed by atoms with Gasteiger partial charge in [0.1, 0.15) is 0 Å². The van der Waals surface area contributed by atoms with Crippen LogP contribution in [0.2, 0.25) is 0 Å². The van der Waals surface area contributed by atoms with E-state index in [2.05, 4.69) is 13.2 Å². The van der Waals surface area contributed by atoms with Crippen molar-refractivity contribution in [2.45, 2.75) is 18.6 Å². The Morgan fingerprint density at radius 2 is 2.10 bits per heavy atom. The van der Waals surface area contributed by atoms with E-state index in [1.807, 2.05) is 23.5 Å². The summed E-state index contributed by atoms with van der Waals surface area (Å²) in [4.78, 5) is 0. The van der Waals surface area contributed by atoms with Gasteiger partial charge in [-0.3, -0.25) is 0 Å². The second kappa shape index (κ2) is 7.76. The summed E-state index contributed by atoms with van der Waals surface area (Å²) >= 11 is 3.93. The van der Waals surface area contributed by atoms with E-state index in [9.17, 15) is 0 Å². The van der Waals surface area contributed by atoms with Crippen LogP contribution in [-0.4, -0.2) is 29.6 Å². The maximum absolute atomic E-state index is 5.42. The average Bonchev–Trinajstić information content (AvgIpc) is 1.89. The van der Waals surface area contributed by atoms with Crippen LogP contribution >= 0.6 is 23.5 Å². The number of hydrogen-bond acceptors (Lipinski definition) is 3. The molecule has 0 aromatic carbocycles. The quantitative estimate of drug-likeness (QED) is 0.630. The minimum absolute atomic E-state index is 0.747. The maximum atomic E-state index is 5.42. The molecule has 0 radical (unpaired) electrons. The minimum Gasteiger partial charge on any atom is -0.330 e. The molecule has 3 heteroatoms. The second-order valence-electron chi connectivity index (χ2n) is 2.25. The number of rotatable bonds is 6. The molecule has 0 spiro atoms. The molecule has 0 fully saturated rings. The standard InChI is InChI=1S/C7H17NS2/c1-7(3-4-8)10-6-5-9-2/h7H,3-6,8H2,1-2H3. The van der Waals surface area contributed by atoms with E-state index in [1.54, 1.807) is 0 Å². The summed E-state index contributed by atoms with van der Waals surface area (Å²) in [6.45, 7) is 3.07. The van der Waals surface area contributed by atoms with Gasteiger partial charge >= 0.3 is 0 Å². The Kier molecular flexibility index (Phi) is 8.28. The molecular formula is C7H17NS2. The van der Waals surface area contributed by atoms with Crippen LogP contribution < -0.4 is 5.73 Å². The molecular weight excluding hydrogens is 162 g/mol. The van der Waals surface area contributed by atoms with Gasteiger partial charge in [0.25, 0.3) is 0 Å². The highest BCUT2D eigenvalue weighted by molar-refractivity contribution is 8.02. The van der Waals surface area contributed by atoms with Crippen LogP contribution in [-0.2, 0) is 0 Å². The van der Waals surface area contributed by atoms with Gasteiger partial charge in [0.2, 0.25) is 0 Å². The monoisotopic (exact) mass is 179 g/mol. The van der Waals surface area contributed by atoms with E-state index in [0.717, 1.165) is 18.2 Å². The van der Waals surface area contributed by atoms with Crippen molar-refractivity contribution in [1.82, 2.24) is 0 Å². The third kappa shape index (κ3) is 6.78. The summed E-state index contributed by atoms with van der Waals surface area (Å²) < 4.78 is 0. The predicted octanol–water partition coefficient (Wildman–Crippen LogP) is 1.82. The normalized spacial score (nSPS) is 13.5. The number of thioether (sulfide) groups is 2. The van der Waals surface area contributed by atoms with Crippen molar-refractivity contribution in [3.63, 3.8) is 0 Å². The molecule has 2 N–H and O–H groups in total. The highest BCUT2D eigenvalue weighted by atomic mass is 32.2. The van der Waals surface area contributed by atoms with Crippen molar-refractivity contribution in [2.24, 2.45) is 5.73 Å². The van der Waals surface area contributed by atoms with Crippen molar-refractivity contribution < 1.29 is 0 Å². The molecule has 0 aliphatic rings. The largest absolute Gasteiger partial charge is 0.330 e. The molecule has 0 amide bonds. The lowest BCUT2D eigenvalue weighted by Gasteiger charge is -2.07. The van der Waals surface area contributed by atoms with Crippen LogP contribution in [0.5, 0.6) is 0 Å². The van der Waals surface area contributed by atoms with Crippen LogP contribution in [0.4, 0.5) is 0 Å². The van der Waals surface area contributed by atoms with Gasteiger partial charge in [-0.05, 0) is 19.2 Å². The Balaban J connectivity index is 2.97. The molecule has 62 valence electrons. The van der Waals surface area contributed by atoms with Crippen LogP contribution in [0.15, 0.2) is 0 Å². The third-order valence-corrected chi connectivity index (χ3v) is 3.38. The van der Waals surface area contributed by atoms with Gasteiger partial charge in [-0.2, -0.15) is 23.5 Å². The first-order chi connectivity index (χ1) is 4.81. The van der Waals surface area contributed by atoms with Crippen LogP contribution in [0.3, 0.4) is 0 Å². The maximum Gasteiger partial charge on any atom is 0.00310 e. The van der Waals surface area contributed by atoms with E-state index in [-0.39, 0.29) is 0 Å². The smallest absolute Gasteiger partial charge is 0.00310 e. The molecule has 0 aromatic heterocycles. The SMILES string of the molecule is CSCCSC(C)CCN. The lowest BCUT2D eigenvalue weighted by Crippen LogP contribution is -2.07. The molecule has 1 nitrogen and oxygen atoms in total. The fraction of sp³-hybridized carbons (Fsp3) is 1.00. The van der Waals surface area contributed by atoms with Crippen LogP contribution in [0.25, 0.3) is 0 Å². The van der Waals surface area contributed by atoms with E-state index in [0.29, 0.717) is 0 Å². The molecule has 0 saturated carbocycles. The molecule has 0 bridgehead atoms. The van der Waals surface area contributed by atoms with E-state index in [1.165, 1.54) is 11.5 Å². The summed E-state index contributed by atoms with van der Waals surface area (Å²) in [6, 6.07) is 0. The minimum atomic E-state index is 0.747. The fourth-order valence-corrected chi connectivity index (χ4v) is 2.41. The molecule has 0 aromatic rings. The topological polar surface area (TPSA) is 26.0 Å². The summed E-state index contributed by atoms with van der Waals surface area (Å²) in [5.74, 6) is 2.53. The van der Waals surface area contributed by atoms with Gasteiger partial charge < -0.3 is 5.73 Å². The third-order valence-electron chi connectivity index (χ3n) is 1.26. The Morgan fingerprint density at radius 3 is 2.60 bits per heavy atom. The molecule has 1 atom stereocenters. The zero-order valence-corrected chi connectivity index (χ0v) is 8.43. The molecule has 0 heterocycles. The Labute approximate surface area is 72.5 Å². The highest BCUT2D eigenvalue weighted by Gasteiger charge is 1.98. The zero-order valence-electron chi connectivity index (χ0n) is 6.80. The van der Waals surface area contributed by atoms with E-state index in [4.69, 9.17) is 5.73 Å². The van der Waals surface area contributed by atoms with Crippen LogP contribution in [0.1, 0.15) is 13.3 Å². The average molecular weight is 179 g/mol. The van der Waals surface area contributed by atoms with Crippen molar-refractivity contribution in [1.29, 1.82) is 0 Å². The van der Waals surface area contributed by atoms with Crippen molar-refractivity contribution in [3.8, 4) is 0 Å². The summed E-state index contributed by atoms with van der Waals surface area (Å²) in [6.07, 6.45) is 3.30. The van der Waals surface area contributed by atoms with E-state index < -0.39 is 0 Å². The molecule has 0 rings (SSSR count). The van der Waals surface area contributed by atoms with Crippen molar-refractivity contribution in [3.05, 3.63) is 0 Å². The highest BCUT2D eigenvalue weighted by Crippen LogP contribution is 2.13. The lowest BCUT2D eigenvalue weighted by molar-refractivity contribution is 0.823. The van der Waals surface area contributed by atoms with E-state index >= 15 is 0 Å². The van der Waals surface area contributed by atoms with Gasteiger partial charge in [0.05, 0.1) is 0 Å². The first kappa shape index (κ1) is 10.7. The predicted molar refractivity (Wildman–Crippen MR) is 54.0 cm³/mol. The molecule has 0 aliphatic carbocycles. The number of hydrogen-bond donors (Lipinski definition) is 1. The first-order valence-corrected chi connectivity index (χ1v) is 6.06. The fourth-order valence-electron chi connectivity index (χ4n) is 0.651. The Morgan fingerprint density at radius 1 is 1.40 bits per heavy atom. The van der Waals surface area contributed by atoms with Crippen molar-refractivity contribution >= 4 is 23.5 Å². The second-order valence-corrected chi connectivity index (χ2v) is 4.78. The van der Waals surface area contributed by atoms with Gasteiger partial charge in [-0.1, -0.05) is 6.92 Å².